The lowest BCUT2D eigenvalue weighted by Gasteiger charge is -2.35. The lowest BCUT2D eigenvalue weighted by molar-refractivity contribution is 0.0634. The third-order valence-corrected chi connectivity index (χ3v) is 8.97. The number of thioether (sulfide) groups is 1. The number of aromatic nitrogens is 1. The van der Waals surface area contributed by atoms with Gasteiger partial charge in [-0.3, -0.25) is 14.5 Å². The van der Waals surface area contributed by atoms with E-state index in [9.17, 15) is 9.59 Å². The Balaban J connectivity index is 1.07. The molecule has 1 fully saturated rings. The minimum atomic E-state index is 0.0140. The van der Waals surface area contributed by atoms with E-state index < -0.39 is 0 Å². The second-order valence-electron chi connectivity index (χ2n) is 10.3. The van der Waals surface area contributed by atoms with Gasteiger partial charge in [0.1, 0.15) is 0 Å². The number of benzene rings is 2. The first kappa shape index (κ1) is 24.5. The maximum Gasteiger partial charge on any atom is 0.253 e. The van der Waals surface area contributed by atoms with Crippen molar-refractivity contribution in [1.82, 2.24) is 20.1 Å². The maximum absolute atomic E-state index is 13.4. The van der Waals surface area contributed by atoms with Crippen molar-refractivity contribution in [2.24, 2.45) is 0 Å². The zero-order chi connectivity index (χ0) is 25.2. The Hall–Kier alpha value is -2.87. The number of nitrogens with zero attached hydrogens (tertiary/aromatic N) is 2. The molecule has 1 unspecified atom stereocenters. The van der Waals surface area contributed by atoms with Crippen LogP contribution in [0.25, 0.3) is 16.5 Å². The molecule has 3 aliphatic heterocycles. The number of pyridine rings is 1. The summed E-state index contributed by atoms with van der Waals surface area (Å²) in [5.74, 6) is 1.86. The molecule has 0 aliphatic carbocycles. The molecule has 6 nitrogen and oxygen atoms in total. The number of hydrogen-bond donors (Lipinski definition) is 2. The molecule has 2 aromatic carbocycles. The predicted octanol–water partition coefficient (Wildman–Crippen LogP) is 3.91. The molecule has 0 saturated carbocycles. The molecule has 3 aromatic rings. The molecule has 2 N–H and O–H groups in total. The number of piperazine rings is 1. The van der Waals surface area contributed by atoms with E-state index in [1.807, 2.05) is 23.1 Å². The summed E-state index contributed by atoms with van der Waals surface area (Å²) in [6.45, 7) is 5.37. The van der Waals surface area contributed by atoms with Crippen LogP contribution < -0.4 is 10.9 Å². The lowest BCUT2D eigenvalue weighted by Crippen LogP contribution is -2.49. The Labute approximate surface area is 222 Å². The van der Waals surface area contributed by atoms with Gasteiger partial charge < -0.3 is 15.2 Å². The molecule has 1 atom stereocenters. The number of carbonyl (C=O) groups excluding carboxylic acids is 1. The normalized spacial score (nSPS) is 20.5. The Bertz CT molecular complexity index is 1380. The van der Waals surface area contributed by atoms with E-state index in [1.54, 1.807) is 11.8 Å². The fraction of sp³-hybridized carbons (Fsp3) is 0.400. The number of hydrogen-bond acceptors (Lipinski definition) is 5. The summed E-state index contributed by atoms with van der Waals surface area (Å²) in [5, 5.41) is 4.69. The summed E-state index contributed by atoms with van der Waals surface area (Å²) in [6.07, 6.45) is 5.45. The van der Waals surface area contributed by atoms with Crippen LogP contribution in [-0.4, -0.2) is 71.8 Å². The molecule has 1 amide bonds. The third-order valence-electron chi connectivity index (χ3n) is 7.98. The largest absolute Gasteiger partial charge is 0.336 e. The first-order valence-electron chi connectivity index (χ1n) is 13.4. The highest BCUT2D eigenvalue weighted by atomic mass is 32.2. The Kier molecular flexibility index (Phi) is 7.18. The van der Waals surface area contributed by atoms with Crippen LogP contribution in [0, 0.1) is 0 Å². The third kappa shape index (κ3) is 5.26. The number of nitrogens with one attached hydrogen (secondary N) is 2. The second kappa shape index (κ2) is 10.9. The van der Waals surface area contributed by atoms with Gasteiger partial charge in [0.15, 0.2) is 0 Å². The van der Waals surface area contributed by atoms with Gasteiger partial charge in [-0.25, -0.2) is 0 Å². The molecule has 1 saturated heterocycles. The molecule has 1 aromatic heterocycles. The van der Waals surface area contributed by atoms with Crippen molar-refractivity contribution in [2.45, 2.75) is 31.1 Å². The molecule has 0 spiro atoms. The topological polar surface area (TPSA) is 68.4 Å². The summed E-state index contributed by atoms with van der Waals surface area (Å²) >= 11 is 1.80. The molecule has 37 heavy (non-hydrogen) atoms. The molecule has 7 heteroatoms. The monoisotopic (exact) mass is 514 g/mol. The van der Waals surface area contributed by atoms with E-state index in [0.29, 0.717) is 6.04 Å². The molecule has 192 valence electrons. The SMILES string of the molecule is O=C(c1ccc2[nH]c(=O)c3c(c2c1)CCSC3)N1CCN(CCC2C=C(c3ccccc3)CCN2)CC1. The van der Waals surface area contributed by atoms with Crippen molar-refractivity contribution < 1.29 is 4.79 Å². The van der Waals surface area contributed by atoms with Crippen molar-refractivity contribution in [3.8, 4) is 0 Å². The van der Waals surface area contributed by atoms with Crippen molar-refractivity contribution in [2.75, 3.05) is 45.0 Å². The number of H-pyrrole nitrogens is 1. The standard InChI is InChI=1S/C30H34N4O2S/c35-29-27-20-37-17-10-25(27)26-19-23(6-7-28(26)32-29)30(36)34-15-13-33(14-16-34)12-9-24-18-22(8-11-31-24)21-4-2-1-3-5-21/h1-7,18-19,24,31H,8-17,20H2,(H,32,35). The van der Waals surface area contributed by atoms with Gasteiger partial charge in [0.2, 0.25) is 0 Å². The fourth-order valence-corrected chi connectivity index (χ4v) is 6.86. The van der Waals surface area contributed by atoms with Crippen LogP contribution in [-0.2, 0) is 12.2 Å². The summed E-state index contributed by atoms with van der Waals surface area (Å²) in [7, 11) is 0. The number of aromatic amines is 1. The van der Waals surface area contributed by atoms with Gasteiger partial charge in [0, 0.05) is 66.5 Å². The van der Waals surface area contributed by atoms with E-state index in [1.165, 1.54) is 11.1 Å². The molecule has 0 radical (unpaired) electrons. The van der Waals surface area contributed by atoms with E-state index in [-0.39, 0.29) is 11.5 Å². The van der Waals surface area contributed by atoms with Crippen molar-refractivity contribution in [1.29, 1.82) is 0 Å². The number of amides is 1. The number of rotatable bonds is 5. The van der Waals surface area contributed by atoms with Crippen LogP contribution in [0.1, 0.15) is 39.9 Å². The zero-order valence-corrected chi connectivity index (χ0v) is 22.0. The smallest absolute Gasteiger partial charge is 0.253 e. The van der Waals surface area contributed by atoms with Gasteiger partial charge in [0.25, 0.3) is 11.5 Å². The number of fused-ring (bicyclic) bond motifs is 3. The maximum atomic E-state index is 13.4. The van der Waals surface area contributed by atoms with Gasteiger partial charge in [-0.05, 0) is 66.5 Å². The lowest BCUT2D eigenvalue weighted by atomic mass is 9.96. The van der Waals surface area contributed by atoms with Crippen LogP contribution in [0.2, 0.25) is 0 Å². The zero-order valence-electron chi connectivity index (χ0n) is 21.2. The van der Waals surface area contributed by atoms with Crippen molar-refractivity contribution >= 4 is 34.1 Å². The Morgan fingerprint density at radius 1 is 1.00 bits per heavy atom. The van der Waals surface area contributed by atoms with Crippen molar-refractivity contribution in [3.05, 3.63) is 87.2 Å². The fourth-order valence-electron chi connectivity index (χ4n) is 5.85. The molecular formula is C30H34N4O2S. The highest BCUT2D eigenvalue weighted by Crippen LogP contribution is 2.28. The number of aryl methyl sites for hydroxylation is 1. The Morgan fingerprint density at radius 3 is 2.68 bits per heavy atom. The van der Waals surface area contributed by atoms with E-state index in [2.05, 4.69) is 51.6 Å². The molecular weight excluding hydrogens is 480 g/mol. The first-order valence-corrected chi connectivity index (χ1v) is 14.6. The van der Waals surface area contributed by atoms with E-state index >= 15 is 0 Å². The quantitative estimate of drug-likeness (QED) is 0.540. The molecule has 4 heterocycles. The molecule has 6 rings (SSSR count). The summed E-state index contributed by atoms with van der Waals surface area (Å²) < 4.78 is 0. The predicted molar refractivity (Wildman–Crippen MR) is 152 cm³/mol. The van der Waals surface area contributed by atoms with E-state index in [4.69, 9.17) is 0 Å². The highest BCUT2D eigenvalue weighted by Gasteiger charge is 2.24. The van der Waals surface area contributed by atoms with Gasteiger partial charge in [-0.15, -0.1) is 0 Å². The minimum absolute atomic E-state index is 0.0140. The Morgan fingerprint density at radius 2 is 1.84 bits per heavy atom. The van der Waals surface area contributed by atoms with Gasteiger partial charge in [-0.2, -0.15) is 11.8 Å². The number of carbonyl (C=O) groups is 1. The molecule has 0 bridgehead atoms. The van der Waals surface area contributed by atoms with Crippen LogP contribution in [0.15, 0.2) is 59.4 Å². The van der Waals surface area contributed by atoms with Crippen molar-refractivity contribution in [3.63, 3.8) is 0 Å². The van der Waals surface area contributed by atoms with Crippen LogP contribution >= 0.6 is 11.8 Å². The average Bonchev–Trinajstić information content (AvgIpc) is 2.97. The molecule has 3 aliphatic rings. The summed E-state index contributed by atoms with van der Waals surface area (Å²) in [4.78, 5) is 33.3. The van der Waals surface area contributed by atoms with Crippen LogP contribution in [0.3, 0.4) is 0 Å². The van der Waals surface area contributed by atoms with Gasteiger partial charge in [-0.1, -0.05) is 36.4 Å². The summed E-state index contributed by atoms with van der Waals surface area (Å²) in [6, 6.07) is 16.9. The van der Waals surface area contributed by atoms with Crippen LogP contribution in [0.5, 0.6) is 0 Å². The van der Waals surface area contributed by atoms with Crippen LogP contribution in [0.4, 0.5) is 0 Å². The van der Waals surface area contributed by atoms with Gasteiger partial charge >= 0.3 is 0 Å². The van der Waals surface area contributed by atoms with Gasteiger partial charge in [0.05, 0.1) is 0 Å². The second-order valence-corrected chi connectivity index (χ2v) is 11.4. The highest BCUT2D eigenvalue weighted by molar-refractivity contribution is 7.98. The summed E-state index contributed by atoms with van der Waals surface area (Å²) in [5.41, 5.74) is 6.34. The minimum Gasteiger partial charge on any atom is -0.336 e. The average molecular weight is 515 g/mol. The van der Waals surface area contributed by atoms with E-state index in [0.717, 1.165) is 97.6 Å². The first-order chi connectivity index (χ1) is 18.2.